The maximum absolute atomic E-state index is 12.9. The highest BCUT2D eigenvalue weighted by atomic mass is 79.9. The van der Waals surface area contributed by atoms with E-state index in [1.54, 1.807) is 24.3 Å². The number of phenols is 1. The molecule has 1 N–H and O–H groups in total. The smallest absolute Gasteiger partial charge is 0.344 e. The Balaban J connectivity index is 2.17. The predicted octanol–water partition coefficient (Wildman–Crippen LogP) is 6.01. The maximum atomic E-state index is 12.9. The van der Waals surface area contributed by atoms with Gasteiger partial charge in [0, 0.05) is 16.8 Å². The zero-order valence-electron chi connectivity index (χ0n) is 16.7. The van der Waals surface area contributed by atoms with Crippen LogP contribution in [0.3, 0.4) is 0 Å². The Morgan fingerprint density at radius 2 is 2.00 bits per heavy atom. The van der Waals surface area contributed by atoms with E-state index in [0.29, 0.717) is 24.2 Å². The van der Waals surface area contributed by atoms with E-state index in [4.69, 9.17) is 9.15 Å². The molecular formula is C25H23BrO4. The topological polar surface area (TPSA) is 59.7 Å². The van der Waals surface area contributed by atoms with Crippen molar-refractivity contribution in [1.29, 1.82) is 0 Å². The van der Waals surface area contributed by atoms with E-state index in [1.807, 2.05) is 43.3 Å². The first-order valence-electron chi connectivity index (χ1n) is 9.59. The second-order valence-electron chi connectivity index (χ2n) is 6.64. The van der Waals surface area contributed by atoms with Gasteiger partial charge in [0.1, 0.15) is 17.1 Å². The van der Waals surface area contributed by atoms with Gasteiger partial charge < -0.3 is 14.3 Å². The lowest BCUT2D eigenvalue weighted by Crippen LogP contribution is -2.11. The summed E-state index contributed by atoms with van der Waals surface area (Å²) in [6, 6.07) is 12.7. The minimum Gasteiger partial charge on any atom is -0.508 e. The molecular weight excluding hydrogens is 444 g/mol. The molecule has 0 aliphatic carbocycles. The van der Waals surface area contributed by atoms with Crippen LogP contribution in [0.5, 0.6) is 11.5 Å². The molecule has 2 aromatic carbocycles. The third-order valence-electron chi connectivity index (χ3n) is 4.58. The summed E-state index contributed by atoms with van der Waals surface area (Å²) in [6.07, 6.45) is 7.69. The Morgan fingerprint density at radius 3 is 2.67 bits per heavy atom. The highest BCUT2D eigenvalue weighted by Crippen LogP contribution is 2.30. The molecule has 1 heterocycles. The number of aromatic hydroxyl groups is 1. The molecule has 4 nitrogen and oxygen atoms in total. The second kappa shape index (κ2) is 10.1. The molecule has 0 spiro atoms. The zero-order valence-corrected chi connectivity index (χ0v) is 18.3. The van der Waals surface area contributed by atoms with Crippen LogP contribution < -0.4 is 10.4 Å². The summed E-state index contributed by atoms with van der Waals surface area (Å²) < 4.78 is 11.2. The third kappa shape index (κ3) is 4.92. The van der Waals surface area contributed by atoms with Crippen molar-refractivity contribution >= 4 is 32.5 Å². The van der Waals surface area contributed by atoms with E-state index in [0.717, 1.165) is 33.2 Å². The average molecular weight is 467 g/mol. The van der Waals surface area contributed by atoms with Crippen molar-refractivity contribution in [3.63, 3.8) is 0 Å². The van der Waals surface area contributed by atoms with E-state index in [1.165, 1.54) is 6.07 Å². The third-order valence-corrected chi connectivity index (χ3v) is 4.91. The minimum atomic E-state index is -0.452. The molecule has 154 valence electrons. The van der Waals surface area contributed by atoms with Gasteiger partial charge in [-0.2, -0.15) is 0 Å². The van der Waals surface area contributed by atoms with E-state index >= 15 is 0 Å². The lowest BCUT2D eigenvalue weighted by Gasteiger charge is -2.13. The van der Waals surface area contributed by atoms with Gasteiger partial charge in [-0.25, -0.2) is 4.79 Å². The summed E-state index contributed by atoms with van der Waals surface area (Å²) in [5.74, 6) is 0.842. The van der Waals surface area contributed by atoms with Gasteiger partial charge >= 0.3 is 5.63 Å². The normalized spacial score (nSPS) is 11.9. The molecule has 0 bridgehead atoms. The van der Waals surface area contributed by atoms with E-state index in [9.17, 15) is 9.90 Å². The van der Waals surface area contributed by atoms with Crippen molar-refractivity contribution in [1.82, 2.24) is 0 Å². The fourth-order valence-corrected chi connectivity index (χ4v) is 3.48. The number of rotatable bonds is 8. The minimum absolute atomic E-state index is 0.0490. The maximum Gasteiger partial charge on any atom is 0.344 e. The predicted molar refractivity (Wildman–Crippen MR) is 126 cm³/mol. The highest BCUT2D eigenvalue weighted by molar-refractivity contribution is 9.09. The molecule has 0 aliphatic rings. The van der Waals surface area contributed by atoms with Crippen LogP contribution in [0.4, 0.5) is 0 Å². The second-order valence-corrected chi connectivity index (χ2v) is 7.43. The van der Waals surface area contributed by atoms with Crippen molar-refractivity contribution in [3.05, 3.63) is 100 Å². The Morgan fingerprint density at radius 1 is 1.23 bits per heavy atom. The van der Waals surface area contributed by atoms with E-state index in [2.05, 4.69) is 22.5 Å². The molecule has 1 aromatic heterocycles. The first-order chi connectivity index (χ1) is 14.6. The van der Waals surface area contributed by atoms with Crippen LogP contribution in [-0.2, 0) is 6.42 Å². The van der Waals surface area contributed by atoms with Crippen molar-refractivity contribution < 1.29 is 14.3 Å². The average Bonchev–Trinajstić information content (AvgIpc) is 2.73. The van der Waals surface area contributed by atoms with Gasteiger partial charge in [-0.3, -0.25) is 0 Å². The zero-order chi connectivity index (χ0) is 21.5. The van der Waals surface area contributed by atoms with Crippen LogP contribution in [0.25, 0.3) is 16.5 Å². The summed E-state index contributed by atoms with van der Waals surface area (Å²) >= 11 is 3.35. The molecule has 0 saturated heterocycles. The van der Waals surface area contributed by atoms with Gasteiger partial charge in [-0.1, -0.05) is 58.9 Å². The number of hydrogen-bond acceptors (Lipinski definition) is 4. The monoisotopic (exact) mass is 466 g/mol. The SMILES string of the molecule is C=C/C=C(\C=C/C)c1c(Cc2ccc(OCCBr)cc2)c2ccc(O)cc2oc1=O. The van der Waals surface area contributed by atoms with Crippen LogP contribution in [0, 0.1) is 0 Å². The quantitative estimate of drug-likeness (QED) is 0.251. The first kappa shape index (κ1) is 21.7. The van der Waals surface area contributed by atoms with Gasteiger partial charge in [0.2, 0.25) is 0 Å². The van der Waals surface area contributed by atoms with Gasteiger partial charge in [0.15, 0.2) is 0 Å². The summed E-state index contributed by atoms with van der Waals surface area (Å²) in [4.78, 5) is 12.9. The van der Waals surface area contributed by atoms with Crippen molar-refractivity contribution in [2.24, 2.45) is 0 Å². The lowest BCUT2D eigenvalue weighted by molar-refractivity contribution is 0.345. The van der Waals surface area contributed by atoms with E-state index in [-0.39, 0.29) is 5.75 Å². The lowest BCUT2D eigenvalue weighted by atomic mass is 9.92. The van der Waals surface area contributed by atoms with Crippen LogP contribution in [0.1, 0.15) is 23.6 Å². The number of allylic oxidation sites excluding steroid dienone is 5. The van der Waals surface area contributed by atoms with Crippen LogP contribution in [0.15, 0.2) is 82.6 Å². The highest BCUT2D eigenvalue weighted by Gasteiger charge is 2.18. The van der Waals surface area contributed by atoms with Crippen molar-refractivity contribution in [2.75, 3.05) is 11.9 Å². The van der Waals surface area contributed by atoms with Crippen molar-refractivity contribution in [2.45, 2.75) is 13.3 Å². The Labute approximate surface area is 183 Å². The Bertz CT molecular complexity index is 1150. The summed E-state index contributed by atoms with van der Waals surface area (Å²) in [7, 11) is 0. The molecule has 5 heteroatoms. The first-order valence-corrected chi connectivity index (χ1v) is 10.7. The summed E-state index contributed by atoms with van der Waals surface area (Å²) in [6.45, 7) is 6.25. The Kier molecular flexibility index (Phi) is 7.31. The van der Waals surface area contributed by atoms with Gasteiger partial charge in [-0.15, -0.1) is 0 Å². The molecule has 0 radical (unpaired) electrons. The summed E-state index contributed by atoms with van der Waals surface area (Å²) in [5, 5.41) is 11.4. The molecule has 3 aromatic rings. The van der Waals surface area contributed by atoms with Crippen LogP contribution >= 0.6 is 15.9 Å². The summed E-state index contributed by atoms with van der Waals surface area (Å²) in [5.41, 5.74) is 2.98. The number of ether oxygens (including phenoxy) is 1. The molecule has 0 saturated carbocycles. The number of phenolic OH excluding ortho intramolecular Hbond substituents is 1. The molecule has 0 aliphatic heterocycles. The number of fused-ring (bicyclic) bond motifs is 1. The largest absolute Gasteiger partial charge is 0.508 e. The molecule has 0 atom stereocenters. The van der Waals surface area contributed by atoms with Crippen LogP contribution in [0.2, 0.25) is 0 Å². The van der Waals surface area contributed by atoms with Crippen molar-refractivity contribution in [3.8, 4) is 11.5 Å². The van der Waals surface area contributed by atoms with Gasteiger partial charge in [-0.05, 0) is 54.3 Å². The number of benzene rings is 2. The number of alkyl halides is 1. The standard InChI is InChI=1S/C25H23BrO4/c1-3-5-18(6-4-2)24-22(15-17-7-10-20(11-8-17)29-14-13-26)21-12-9-19(27)16-23(21)30-25(24)28/h3-12,16,27H,1,13-15H2,2H3/b6-4-,18-5+. The molecule has 0 fully saturated rings. The van der Waals surface area contributed by atoms with Gasteiger partial charge in [0.05, 0.1) is 12.2 Å². The van der Waals surface area contributed by atoms with Crippen LogP contribution in [-0.4, -0.2) is 17.0 Å². The molecule has 30 heavy (non-hydrogen) atoms. The number of hydrogen-bond donors (Lipinski definition) is 1. The number of halogens is 1. The van der Waals surface area contributed by atoms with E-state index < -0.39 is 5.63 Å². The fourth-order valence-electron chi connectivity index (χ4n) is 3.32. The van der Waals surface area contributed by atoms with Gasteiger partial charge in [0.25, 0.3) is 0 Å². The Hall–Kier alpha value is -3.05. The fraction of sp³-hybridized carbons (Fsp3) is 0.160. The molecule has 0 amide bonds. The molecule has 3 rings (SSSR count). The molecule has 0 unspecified atom stereocenters.